The summed E-state index contributed by atoms with van der Waals surface area (Å²) in [6.45, 7) is 4.36. The number of benzene rings is 3. The Morgan fingerprint density at radius 2 is 1.60 bits per heavy atom. The van der Waals surface area contributed by atoms with Gasteiger partial charge >= 0.3 is 6.03 Å². The molecule has 0 bridgehead atoms. The fourth-order valence-electron chi connectivity index (χ4n) is 4.99. The average Bonchev–Trinajstić information content (AvgIpc) is 3.44. The van der Waals surface area contributed by atoms with Crippen molar-refractivity contribution in [2.45, 2.75) is 12.5 Å². The summed E-state index contributed by atoms with van der Waals surface area (Å²) < 4.78 is 39.0. The van der Waals surface area contributed by atoms with Gasteiger partial charge in [0.05, 0.1) is 19.3 Å². The van der Waals surface area contributed by atoms with Crippen molar-refractivity contribution in [2.24, 2.45) is 5.92 Å². The molecule has 3 aromatic carbocycles. The van der Waals surface area contributed by atoms with Crippen molar-refractivity contribution in [3.05, 3.63) is 83.9 Å². The third-order valence-corrected chi connectivity index (χ3v) is 7.09. The number of hydrazine groups is 1. The Morgan fingerprint density at radius 3 is 2.23 bits per heavy atom. The van der Waals surface area contributed by atoms with Crippen molar-refractivity contribution in [2.75, 3.05) is 54.5 Å². The number of ether oxygens (including phenoxy) is 2. The lowest BCUT2D eigenvalue weighted by molar-refractivity contribution is -0.110. The first-order valence-corrected chi connectivity index (χ1v) is 13.1. The average molecular weight is 552 g/mol. The predicted octanol–water partition coefficient (Wildman–Crippen LogP) is 4.23. The van der Waals surface area contributed by atoms with E-state index in [-0.39, 0.29) is 12.0 Å². The summed E-state index contributed by atoms with van der Waals surface area (Å²) in [7, 11) is 0. The van der Waals surface area contributed by atoms with E-state index in [2.05, 4.69) is 38.1 Å². The first-order chi connectivity index (χ1) is 19.5. The van der Waals surface area contributed by atoms with Crippen LogP contribution < -0.4 is 30.7 Å². The number of carbonyl (C=O) groups excluding carboxylic acids is 2. The Balaban J connectivity index is 1.06. The third kappa shape index (κ3) is 6.78. The standard InChI is InChI=1S/C29H31F2N5O4/c30-21-1-10-26(27(31)16-21)28-15-20(18-40-28)17-39-25-8-6-24(7-9-25)36-13-11-35(12-14-36)23-4-2-22(3-5-23)33-29(38)34-32-19-37/h1-10,16,19-20,28H,11-15,17-18H2,(H,32,37)(H2,33,34,38)/t20-,28?/m1/s1. The van der Waals surface area contributed by atoms with E-state index in [9.17, 15) is 18.4 Å². The number of anilines is 3. The number of nitrogens with zero attached hydrogens (tertiary/aromatic N) is 2. The van der Waals surface area contributed by atoms with Gasteiger partial charge < -0.3 is 24.6 Å². The van der Waals surface area contributed by atoms with Gasteiger partial charge in [0, 0.05) is 60.8 Å². The number of piperazine rings is 1. The molecular weight excluding hydrogens is 520 g/mol. The van der Waals surface area contributed by atoms with Crippen LogP contribution in [0.1, 0.15) is 18.1 Å². The number of hydrogen-bond donors (Lipinski definition) is 3. The molecule has 0 radical (unpaired) electrons. The van der Waals surface area contributed by atoms with Crippen LogP contribution in [0.3, 0.4) is 0 Å². The van der Waals surface area contributed by atoms with Crippen molar-refractivity contribution in [3.63, 3.8) is 0 Å². The molecule has 2 atom stereocenters. The van der Waals surface area contributed by atoms with Gasteiger partial charge in [-0.1, -0.05) is 6.07 Å². The highest BCUT2D eigenvalue weighted by Gasteiger charge is 2.29. The first kappa shape index (κ1) is 27.2. The number of amides is 3. The fraction of sp³-hybridized carbons (Fsp3) is 0.310. The zero-order valence-corrected chi connectivity index (χ0v) is 21.8. The monoisotopic (exact) mass is 551 g/mol. The zero-order valence-electron chi connectivity index (χ0n) is 21.8. The topological polar surface area (TPSA) is 95.2 Å². The molecule has 11 heteroatoms. The summed E-state index contributed by atoms with van der Waals surface area (Å²) in [5.74, 6) is -0.278. The maximum absolute atomic E-state index is 14.1. The quantitative estimate of drug-likeness (QED) is 0.272. The van der Waals surface area contributed by atoms with E-state index in [0.717, 1.165) is 49.4 Å². The predicted molar refractivity (Wildman–Crippen MR) is 147 cm³/mol. The maximum atomic E-state index is 14.1. The maximum Gasteiger partial charge on any atom is 0.337 e. The molecule has 9 nitrogen and oxygen atoms in total. The number of urea groups is 1. The van der Waals surface area contributed by atoms with Gasteiger partial charge in [-0.05, 0) is 61.0 Å². The molecule has 2 heterocycles. The Kier molecular flexibility index (Phi) is 8.60. The highest BCUT2D eigenvalue weighted by molar-refractivity contribution is 5.89. The van der Waals surface area contributed by atoms with Crippen LogP contribution in [-0.4, -0.2) is 51.8 Å². The minimum absolute atomic E-state index is 0.128. The Bertz CT molecular complexity index is 1300. The lowest BCUT2D eigenvalue weighted by Gasteiger charge is -2.37. The number of nitrogens with one attached hydrogen (secondary N) is 3. The number of halogens is 2. The van der Waals surface area contributed by atoms with E-state index in [1.54, 1.807) is 0 Å². The van der Waals surface area contributed by atoms with Crippen molar-refractivity contribution in [1.29, 1.82) is 0 Å². The molecule has 0 spiro atoms. The molecular formula is C29H31F2N5O4. The molecule has 2 aliphatic rings. The number of rotatable bonds is 9. The third-order valence-electron chi connectivity index (χ3n) is 7.09. The molecule has 1 unspecified atom stereocenters. The molecule has 3 aromatic rings. The van der Waals surface area contributed by atoms with Crippen LogP contribution in [0, 0.1) is 17.6 Å². The molecule has 5 rings (SSSR count). The van der Waals surface area contributed by atoms with Crippen molar-refractivity contribution in [1.82, 2.24) is 10.9 Å². The highest BCUT2D eigenvalue weighted by atomic mass is 19.1. The van der Waals surface area contributed by atoms with Gasteiger partial charge in [-0.3, -0.25) is 10.2 Å². The van der Waals surface area contributed by atoms with Gasteiger partial charge in [0.1, 0.15) is 17.4 Å². The molecule has 3 amide bonds. The van der Waals surface area contributed by atoms with Crippen LogP contribution in [0.15, 0.2) is 66.7 Å². The van der Waals surface area contributed by atoms with E-state index in [0.29, 0.717) is 37.3 Å². The summed E-state index contributed by atoms with van der Waals surface area (Å²) in [4.78, 5) is 26.5. The van der Waals surface area contributed by atoms with E-state index >= 15 is 0 Å². The summed E-state index contributed by atoms with van der Waals surface area (Å²) >= 11 is 0. The van der Waals surface area contributed by atoms with Gasteiger partial charge in [-0.2, -0.15) is 0 Å². The minimum atomic E-state index is -0.594. The van der Waals surface area contributed by atoms with Crippen molar-refractivity contribution >= 4 is 29.5 Å². The van der Waals surface area contributed by atoms with E-state index in [1.165, 1.54) is 12.1 Å². The summed E-state index contributed by atoms with van der Waals surface area (Å²) in [6.07, 6.45) is 0.622. The van der Waals surface area contributed by atoms with Crippen LogP contribution >= 0.6 is 0 Å². The second kappa shape index (κ2) is 12.6. The smallest absolute Gasteiger partial charge is 0.337 e. The second-order valence-electron chi connectivity index (χ2n) is 9.76. The Hall–Kier alpha value is -4.38. The molecule has 0 aromatic heterocycles. The summed E-state index contributed by atoms with van der Waals surface area (Å²) in [5.41, 5.74) is 7.49. The molecule has 0 aliphatic carbocycles. The van der Waals surface area contributed by atoms with Crippen LogP contribution in [0.4, 0.5) is 30.6 Å². The minimum Gasteiger partial charge on any atom is -0.493 e. The van der Waals surface area contributed by atoms with Crippen LogP contribution in [0.5, 0.6) is 5.75 Å². The van der Waals surface area contributed by atoms with Crippen LogP contribution in [0.25, 0.3) is 0 Å². The zero-order chi connectivity index (χ0) is 27.9. The van der Waals surface area contributed by atoms with Crippen molar-refractivity contribution in [3.8, 4) is 5.75 Å². The second-order valence-corrected chi connectivity index (χ2v) is 9.76. The summed E-state index contributed by atoms with van der Waals surface area (Å²) in [6, 6.07) is 18.6. The van der Waals surface area contributed by atoms with Gasteiger partial charge in [-0.15, -0.1) is 0 Å². The van der Waals surface area contributed by atoms with E-state index in [1.807, 2.05) is 36.4 Å². The van der Waals surface area contributed by atoms with Gasteiger partial charge in [0.15, 0.2) is 0 Å². The molecule has 2 fully saturated rings. The summed E-state index contributed by atoms with van der Waals surface area (Å²) in [5, 5.41) is 2.64. The van der Waals surface area contributed by atoms with Crippen molar-refractivity contribution < 1.29 is 27.8 Å². The van der Waals surface area contributed by atoms with Crippen LogP contribution in [0.2, 0.25) is 0 Å². The van der Waals surface area contributed by atoms with Crippen LogP contribution in [-0.2, 0) is 9.53 Å². The number of carbonyl (C=O) groups is 2. The van der Waals surface area contributed by atoms with Gasteiger partial charge in [-0.25, -0.2) is 19.0 Å². The molecule has 40 heavy (non-hydrogen) atoms. The Morgan fingerprint density at radius 1 is 0.950 bits per heavy atom. The van der Waals surface area contributed by atoms with Gasteiger partial charge in [0.25, 0.3) is 0 Å². The Labute approximate surface area is 231 Å². The SMILES string of the molecule is O=CNNC(=O)Nc1ccc(N2CCN(c3ccc(OC[C@@H]4COC(c5ccc(F)cc5F)C4)cc3)CC2)cc1. The highest BCUT2D eigenvalue weighted by Crippen LogP contribution is 2.34. The first-order valence-electron chi connectivity index (χ1n) is 13.1. The molecule has 210 valence electrons. The fourth-order valence-corrected chi connectivity index (χ4v) is 4.99. The lowest BCUT2D eigenvalue weighted by atomic mass is 10.0. The number of hydrogen-bond acceptors (Lipinski definition) is 6. The van der Waals surface area contributed by atoms with E-state index < -0.39 is 17.7 Å². The molecule has 0 saturated carbocycles. The molecule has 3 N–H and O–H groups in total. The lowest BCUT2D eigenvalue weighted by Crippen LogP contribution is -2.46. The largest absolute Gasteiger partial charge is 0.493 e. The molecule has 2 aliphatic heterocycles. The molecule has 2 saturated heterocycles. The normalized spacial score (nSPS) is 18.8. The van der Waals surface area contributed by atoms with Gasteiger partial charge in [0.2, 0.25) is 6.41 Å². The van der Waals surface area contributed by atoms with E-state index in [4.69, 9.17) is 9.47 Å².